The summed E-state index contributed by atoms with van der Waals surface area (Å²) in [6.45, 7) is 4.29. The molecule has 4 rings (SSSR count). The van der Waals surface area contributed by atoms with E-state index in [0.717, 1.165) is 32.7 Å². The molecular weight excluding hydrogens is 433 g/mol. The predicted octanol–water partition coefficient (Wildman–Crippen LogP) is 1.97. The zero-order valence-corrected chi connectivity index (χ0v) is 17.0. The molecule has 32 heavy (non-hydrogen) atoms. The Morgan fingerprint density at radius 3 is 2.72 bits per heavy atom. The standard InChI is InChI=1S/C18H22N4O3.C2HF3O2/c23-18(16-7-19-3-4-20-16)21-8-17-15-1-5-22(10-14(15)12-25-17)9-13-2-6-24-11-13;3-2(4,5)1(6)7/h2-4,6-7,11,14-15,17H,1,5,8-10,12H2,(H,21,23);(H,6,7)/t14-,15-,17+;/m0./s1. The number of amides is 1. The fourth-order valence-corrected chi connectivity index (χ4v) is 3.86. The average molecular weight is 456 g/mol. The zero-order chi connectivity index (χ0) is 23.1. The molecule has 0 spiro atoms. The Kier molecular flexibility index (Phi) is 7.80. The summed E-state index contributed by atoms with van der Waals surface area (Å²) in [5, 5.41) is 10.1. The van der Waals surface area contributed by atoms with Crippen molar-refractivity contribution in [1.29, 1.82) is 0 Å². The lowest BCUT2D eigenvalue weighted by Crippen LogP contribution is -2.43. The molecule has 2 saturated heterocycles. The lowest BCUT2D eigenvalue weighted by molar-refractivity contribution is -0.192. The van der Waals surface area contributed by atoms with Gasteiger partial charge in [0.2, 0.25) is 0 Å². The van der Waals surface area contributed by atoms with Gasteiger partial charge in [-0.15, -0.1) is 0 Å². The summed E-state index contributed by atoms with van der Waals surface area (Å²) in [6.07, 6.45) is 4.17. The number of furan rings is 1. The van der Waals surface area contributed by atoms with Crippen molar-refractivity contribution in [2.24, 2.45) is 11.8 Å². The number of alkyl halides is 3. The van der Waals surface area contributed by atoms with Gasteiger partial charge in [-0.3, -0.25) is 14.7 Å². The number of carbonyl (C=O) groups is 2. The summed E-state index contributed by atoms with van der Waals surface area (Å²) < 4.78 is 42.9. The second-order valence-corrected chi connectivity index (χ2v) is 7.55. The van der Waals surface area contributed by atoms with Crippen molar-refractivity contribution in [1.82, 2.24) is 20.2 Å². The van der Waals surface area contributed by atoms with Crippen molar-refractivity contribution >= 4 is 11.9 Å². The summed E-state index contributed by atoms with van der Waals surface area (Å²) in [5.41, 5.74) is 1.55. The lowest BCUT2D eigenvalue weighted by atomic mass is 9.84. The van der Waals surface area contributed by atoms with Crippen molar-refractivity contribution in [3.8, 4) is 0 Å². The molecule has 4 heterocycles. The molecule has 2 aliphatic heterocycles. The Hall–Kier alpha value is -2.99. The van der Waals surface area contributed by atoms with Crippen LogP contribution < -0.4 is 5.32 Å². The third-order valence-electron chi connectivity index (χ3n) is 5.37. The van der Waals surface area contributed by atoms with Crippen molar-refractivity contribution in [2.45, 2.75) is 25.2 Å². The van der Waals surface area contributed by atoms with Gasteiger partial charge in [0.05, 0.1) is 31.4 Å². The number of ether oxygens (including phenoxy) is 1. The third-order valence-corrected chi connectivity index (χ3v) is 5.37. The van der Waals surface area contributed by atoms with Crippen LogP contribution in [-0.2, 0) is 16.1 Å². The molecule has 0 aliphatic carbocycles. The number of rotatable bonds is 5. The number of nitrogens with one attached hydrogen (secondary N) is 1. The minimum atomic E-state index is -5.08. The van der Waals surface area contributed by atoms with Crippen molar-refractivity contribution in [3.63, 3.8) is 0 Å². The Morgan fingerprint density at radius 2 is 2.09 bits per heavy atom. The van der Waals surface area contributed by atoms with E-state index in [9.17, 15) is 18.0 Å². The Labute approximate surface area is 181 Å². The quantitative estimate of drug-likeness (QED) is 0.701. The van der Waals surface area contributed by atoms with Crippen LogP contribution in [0.15, 0.2) is 41.6 Å². The minimum absolute atomic E-state index is 0.0849. The van der Waals surface area contributed by atoms with Gasteiger partial charge in [0.15, 0.2) is 0 Å². The first-order valence-corrected chi connectivity index (χ1v) is 9.93. The molecule has 2 fully saturated rings. The summed E-state index contributed by atoms with van der Waals surface area (Å²) in [6, 6.07) is 2.02. The average Bonchev–Trinajstić information content (AvgIpc) is 3.42. The lowest BCUT2D eigenvalue weighted by Gasteiger charge is -2.35. The molecule has 0 aromatic carbocycles. The third kappa shape index (κ3) is 6.50. The van der Waals surface area contributed by atoms with Crippen molar-refractivity contribution in [2.75, 3.05) is 26.2 Å². The van der Waals surface area contributed by atoms with Crippen LogP contribution in [0.5, 0.6) is 0 Å². The van der Waals surface area contributed by atoms with Crippen LogP contribution in [0.3, 0.4) is 0 Å². The van der Waals surface area contributed by atoms with E-state index >= 15 is 0 Å². The molecule has 3 atom stereocenters. The number of carboxylic acid groups (broad SMARTS) is 1. The van der Waals surface area contributed by atoms with Crippen LogP contribution in [0.4, 0.5) is 13.2 Å². The molecule has 0 unspecified atom stereocenters. The van der Waals surface area contributed by atoms with Crippen molar-refractivity contribution in [3.05, 3.63) is 48.4 Å². The summed E-state index contributed by atoms with van der Waals surface area (Å²) in [5.74, 6) is -1.92. The molecule has 2 aromatic heterocycles. The van der Waals surface area contributed by atoms with E-state index in [0.29, 0.717) is 24.1 Å². The fraction of sp³-hybridized carbons (Fsp3) is 0.500. The molecule has 0 radical (unpaired) electrons. The minimum Gasteiger partial charge on any atom is -0.475 e. The highest BCUT2D eigenvalue weighted by molar-refractivity contribution is 5.91. The van der Waals surface area contributed by atoms with E-state index in [1.54, 1.807) is 12.5 Å². The van der Waals surface area contributed by atoms with E-state index in [1.165, 1.54) is 18.0 Å². The van der Waals surface area contributed by atoms with Crippen LogP contribution in [-0.4, -0.2) is 70.4 Å². The summed E-state index contributed by atoms with van der Waals surface area (Å²) in [7, 11) is 0. The van der Waals surface area contributed by atoms with Crippen LogP contribution in [0.2, 0.25) is 0 Å². The van der Waals surface area contributed by atoms with Gasteiger partial charge in [0.1, 0.15) is 5.69 Å². The number of fused-ring (bicyclic) bond motifs is 1. The van der Waals surface area contributed by atoms with Gasteiger partial charge in [-0.05, 0) is 24.9 Å². The molecule has 174 valence electrons. The first-order valence-electron chi connectivity index (χ1n) is 9.93. The number of likely N-dealkylation sites (tertiary alicyclic amines) is 1. The molecule has 12 heteroatoms. The molecule has 2 aromatic rings. The monoisotopic (exact) mass is 456 g/mol. The first kappa shape index (κ1) is 23.7. The fourth-order valence-electron chi connectivity index (χ4n) is 3.86. The van der Waals surface area contributed by atoms with Gasteiger partial charge in [-0.2, -0.15) is 13.2 Å². The maximum Gasteiger partial charge on any atom is 0.490 e. The normalized spacial score (nSPS) is 23.0. The van der Waals surface area contributed by atoms with Crippen LogP contribution in [0.25, 0.3) is 0 Å². The predicted molar refractivity (Wildman–Crippen MR) is 103 cm³/mol. The highest BCUT2D eigenvalue weighted by Crippen LogP contribution is 2.34. The highest BCUT2D eigenvalue weighted by Gasteiger charge is 2.41. The van der Waals surface area contributed by atoms with Gasteiger partial charge in [-0.25, -0.2) is 9.78 Å². The summed E-state index contributed by atoms with van der Waals surface area (Å²) >= 11 is 0. The topological polar surface area (TPSA) is 118 Å². The van der Waals surface area contributed by atoms with E-state index in [-0.39, 0.29) is 12.0 Å². The van der Waals surface area contributed by atoms with E-state index in [4.69, 9.17) is 19.1 Å². The largest absolute Gasteiger partial charge is 0.490 e. The highest BCUT2D eigenvalue weighted by atomic mass is 19.4. The van der Waals surface area contributed by atoms with Gasteiger partial charge in [0.25, 0.3) is 5.91 Å². The number of carboxylic acids is 1. The Balaban J connectivity index is 0.000000360. The number of aliphatic carboxylic acids is 1. The Morgan fingerprint density at radius 1 is 1.31 bits per heavy atom. The number of aromatic nitrogens is 2. The summed E-state index contributed by atoms with van der Waals surface area (Å²) in [4.78, 5) is 31.4. The second-order valence-electron chi connectivity index (χ2n) is 7.55. The molecule has 0 bridgehead atoms. The first-order chi connectivity index (χ1) is 15.2. The van der Waals surface area contributed by atoms with Crippen LogP contribution >= 0.6 is 0 Å². The molecule has 2 aliphatic rings. The SMILES string of the molecule is O=C(NC[C@H]1OC[C@@H]2CN(Cc3ccoc3)CC[C@@H]21)c1cnccn1.O=C(O)C(F)(F)F. The number of carbonyl (C=O) groups excluding carboxylic acids is 1. The maximum atomic E-state index is 12.1. The van der Waals surface area contributed by atoms with Gasteiger partial charge in [-0.1, -0.05) is 0 Å². The molecule has 9 nitrogen and oxygen atoms in total. The van der Waals surface area contributed by atoms with Gasteiger partial charge in [0, 0.05) is 43.5 Å². The maximum absolute atomic E-state index is 12.1. The molecule has 1 amide bonds. The number of halogens is 3. The molecule has 0 saturated carbocycles. The van der Waals surface area contributed by atoms with E-state index in [2.05, 4.69) is 20.2 Å². The van der Waals surface area contributed by atoms with Crippen molar-refractivity contribution < 1.29 is 37.0 Å². The number of piperidine rings is 1. The number of hydrogen-bond acceptors (Lipinski definition) is 7. The van der Waals surface area contributed by atoms with E-state index < -0.39 is 12.1 Å². The smallest absolute Gasteiger partial charge is 0.475 e. The van der Waals surface area contributed by atoms with E-state index in [1.807, 2.05) is 12.3 Å². The number of nitrogens with zero attached hydrogens (tertiary/aromatic N) is 3. The molecule has 2 N–H and O–H groups in total. The Bertz CT molecular complexity index is 879. The van der Waals surface area contributed by atoms with Crippen LogP contribution in [0.1, 0.15) is 22.5 Å². The second kappa shape index (κ2) is 10.6. The van der Waals surface area contributed by atoms with Gasteiger partial charge >= 0.3 is 12.1 Å². The van der Waals surface area contributed by atoms with Gasteiger partial charge < -0.3 is 19.6 Å². The zero-order valence-electron chi connectivity index (χ0n) is 17.0. The number of hydrogen-bond donors (Lipinski definition) is 2. The van der Waals surface area contributed by atoms with Crippen LogP contribution in [0, 0.1) is 11.8 Å². The molecular formula is C20H23F3N4O5.